The summed E-state index contributed by atoms with van der Waals surface area (Å²) in [7, 11) is -10.3. The van der Waals surface area contributed by atoms with Crippen LogP contribution in [0.3, 0.4) is 0 Å². The van der Waals surface area contributed by atoms with Crippen molar-refractivity contribution in [3.63, 3.8) is 0 Å². The number of carbonyl (C=O) groups is 1. The molecule has 292 valence electrons. The second-order valence-corrected chi connectivity index (χ2v) is 14.5. The lowest BCUT2D eigenvalue weighted by Gasteiger charge is -2.44. The van der Waals surface area contributed by atoms with Crippen LogP contribution >= 0.6 is 15.6 Å². The van der Waals surface area contributed by atoms with E-state index in [1.807, 2.05) is 4.98 Å². The topological polar surface area (TPSA) is 374 Å². The number of aromatic amines is 1. The van der Waals surface area contributed by atoms with Crippen molar-refractivity contribution in [1.82, 2.24) is 14.9 Å². The van der Waals surface area contributed by atoms with E-state index in [-0.39, 0.29) is 0 Å². The Morgan fingerprint density at radius 1 is 0.882 bits per heavy atom. The highest BCUT2D eigenvalue weighted by atomic mass is 31.3. The second-order valence-electron chi connectivity index (χ2n) is 11.5. The molecule has 0 aliphatic carbocycles. The molecular weight excluding hydrogens is 744 g/mol. The summed E-state index contributed by atoms with van der Waals surface area (Å²) in [5.74, 6) is -0.590. The number of aromatic nitrogens is 2. The van der Waals surface area contributed by atoms with Crippen molar-refractivity contribution in [3.8, 4) is 0 Å². The third-order valence-electron chi connectivity index (χ3n) is 7.89. The molecule has 1 aromatic heterocycles. The van der Waals surface area contributed by atoms with Gasteiger partial charge in [0.05, 0.1) is 19.8 Å². The predicted molar refractivity (Wildman–Crippen MR) is 158 cm³/mol. The Hall–Kier alpha value is -2.07. The number of phosphoric ester groups is 2. The molecule has 51 heavy (non-hydrogen) atoms. The Morgan fingerprint density at radius 2 is 1.49 bits per heavy atom. The lowest BCUT2D eigenvalue weighted by molar-refractivity contribution is -0.307. The van der Waals surface area contributed by atoms with Gasteiger partial charge in [-0.05, 0) is 0 Å². The van der Waals surface area contributed by atoms with Crippen molar-refractivity contribution in [3.05, 3.63) is 33.1 Å². The van der Waals surface area contributed by atoms with Crippen LogP contribution in [0.5, 0.6) is 0 Å². The van der Waals surface area contributed by atoms with Crippen molar-refractivity contribution in [1.29, 1.82) is 0 Å². The molecule has 3 saturated heterocycles. The molecule has 16 atom stereocenters. The van der Waals surface area contributed by atoms with Gasteiger partial charge in [-0.15, -0.1) is 0 Å². The first-order chi connectivity index (χ1) is 23.8. The lowest BCUT2D eigenvalue weighted by atomic mass is 9.96. The molecule has 4 heterocycles. The average molecular weight is 784 g/mol. The molecule has 4 rings (SSSR count). The van der Waals surface area contributed by atoms with Crippen LogP contribution in [0, 0.1) is 0 Å². The summed E-state index contributed by atoms with van der Waals surface area (Å²) in [4.78, 5) is 57.3. The quantitative estimate of drug-likeness (QED) is 0.0782. The summed E-state index contributed by atoms with van der Waals surface area (Å²) in [6.07, 6.45) is -22.1. The lowest BCUT2D eigenvalue weighted by Crippen LogP contribution is -2.65. The third kappa shape index (κ3) is 9.93. The van der Waals surface area contributed by atoms with E-state index >= 15 is 0 Å². The van der Waals surface area contributed by atoms with E-state index in [9.17, 15) is 69.0 Å². The number of phosphoric acid groups is 2. The van der Waals surface area contributed by atoms with Gasteiger partial charge in [-0.1, -0.05) is 0 Å². The number of nitrogens with one attached hydrogen (secondary N) is 2. The van der Waals surface area contributed by atoms with Gasteiger partial charge in [0.2, 0.25) is 5.91 Å². The van der Waals surface area contributed by atoms with Crippen LogP contribution in [-0.2, 0) is 51.0 Å². The predicted octanol–water partition coefficient (Wildman–Crippen LogP) is -6.17. The highest BCUT2D eigenvalue weighted by Gasteiger charge is 2.52. The fourth-order valence-corrected chi connectivity index (χ4v) is 7.53. The van der Waals surface area contributed by atoms with Gasteiger partial charge in [-0.2, -0.15) is 4.31 Å². The first-order valence-electron chi connectivity index (χ1n) is 14.9. The molecule has 3 fully saturated rings. The summed E-state index contributed by atoms with van der Waals surface area (Å²) < 4.78 is 66.5. The maximum absolute atomic E-state index is 12.9. The zero-order valence-corrected chi connectivity index (χ0v) is 28.3. The van der Waals surface area contributed by atoms with E-state index in [2.05, 4.69) is 14.2 Å². The first kappa shape index (κ1) is 41.7. The normalized spacial score (nSPS) is 39.6. The van der Waals surface area contributed by atoms with Crippen molar-refractivity contribution < 1.29 is 96.5 Å². The molecule has 0 radical (unpaired) electrons. The van der Waals surface area contributed by atoms with Gasteiger partial charge >= 0.3 is 21.3 Å². The van der Waals surface area contributed by atoms with Gasteiger partial charge in [-0.25, -0.2) is 13.9 Å². The Balaban J connectivity index is 1.41. The average Bonchev–Trinajstić information content (AvgIpc) is 3.32. The van der Waals surface area contributed by atoms with Crippen LogP contribution < -0.4 is 16.6 Å². The molecule has 3 aliphatic heterocycles. The standard InChI is InChI=1S/C24H39N3O22P2/c1-8(29)25-13-17(34)15(32)10(47-22(13)42-2)6-43-20-18(35)14(31)9(5-28)46-23(20)48-51(40,41)49-50(38,39)44-7-11-16(33)19(36)21(45-11)27-4-3-12(30)26-24(27)37/h3-4,9-11,13-23,28,31-36H,5-7H2,1-2H3,(H,25,29)(H,38,39)(H,40,41)(H,26,30,37)/t9?,10?,11-,13?,14?,15?,16-,17?,18?,19-,20?,21-,22?,23?/m1/s1. The van der Waals surface area contributed by atoms with Gasteiger partial charge in [-0.3, -0.25) is 28.2 Å². The SMILES string of the molecule is COC1OC(COC2C(OP(=O)(O)OP(=O)(O)OC[C@H]3O[C@@H](n4ccc(=O)[nH]c4=O)[C@H](O)[C@@H]3O)OC(CO)C(O)C2O)C(O)C(O)C1NC(C)=O. The first-order valence-corrected chi connectivity index (χ1v) is 17.9. The maximum atomic E-state index is 12.9. The highest BCUT2D eigenvalue weighted by Crippen LogP contribution is 2.61. The molecule has 0 bridgehead atoms. The molecular formula is C24H39N3O22P2. The van der Waals surface area contributed by atoms with Crippen LogP contribution in [0.25, 0.3) is 0 Å². The number of ether oxygens (including phenoxy) is 5. The Kier molecular flexibility index (Phi) is 13.8. The number of aliphatic hydroxyl groups is 7. The van der Waals surface area contributed by atoms with Crippen molar-refractivity contribution >= 4 is 21.6 Å². The smallest absolute Gasteiger partial charge is 0.394 e. The van der Waals surface area contributed by atoms with Crippen molar-refractivity contribution in [2.45, 2.75) is 92.8 Å². The summed E-state index contributed by atoms with van der Waals surface area (Å²) in [6.45, 7) is -1.71. The number of aliphatic hydroxyl groups excluding tert-OH is 7. The van der Waals surface area contributed by atoms with E-state index in [1.54, 1.807) is 0 Å². The Bertz CT molecular complexity index is 1560. The summed E-state index contributed by atoms with van der Waals surface area (Å²) in [5.41, 5.74) is -1.81. The number of hydrogen-bond donors (Lipinski definition) is 11. The van der Waals surface area contributed by atoms with Gasteiger partial charge in [0.1, 0.15) is 67.1 Å². The number of carbonyl (C=O) groups excluding carboxylic acids is 1. The minimum absolute atomic E-state index is 0.590. The fraction of sp³-hybridized carbons (Fsp3) is 0.792. The van der Waals surface area contributed by atoms with E-state index in [0.717, 1.165) is 19.2 Å². The minimum Gasteiger partial charge on any atom is -0.394 e. The maximum Gasteiger partial charge on any atom is 0.483 e. The molecule has 0 saturated carbocycles. The highest BCUT2D eigenvalue weighted by molar-refractivity contribution is 7.61. The molecule has 0 aromatic carbocycles. The number of amides is 1. The summed E-state index contributed by atoms with van der Waals surface area (Å²) in [6, 6.07) is -0.316. The number of rotatable bonds is 14. The molecule has 27 heteroatoms. The molecule has 25 nitrogen and oxygen atoms in total. The molecule has 3 aliphatic rings. The van der Waals surface area contributed by atoms with Crippen LogP contribution in [0.4, 0.5) is 0 Å². The summed E-state index contributed by atoms with van der Waals surface area (Å²) in [5, 5.41) is 74.7. The fourth-order valence-electron chi connectivity index (χ4n) is 5.38. The molecule has 0 spiro atoms. The largest absolute Gasteiger partial charge is 0.483 e. The number of nitrogens with zero attached hydrogens (tertiary/aromatic N) is 1. The van der Waals surface area contributed by atoms with Gasteiger partial charge in [0.15, 0.2) is 18.8 Å². The van der Waals surface area contributed by atoms with E-state index in [4.69, 9.17) is 28.2 Å². The summed E-state index contributed by atoms with van der Waals surface area (Å²) >= 11 is 0. The number of hydrogen-bond acceptors (Lipinski definition) is 20. The molecule has 1 amide bonds. The van der Waals surface area contributed by atoms with E-state index in [0.29, 0.717) is 4.57 Å². The zero-order chi connectivity index (χ0) is 38.0. The van der Waals surface area contributed by atoms with Gasteiger partial charge < -0.3 is 74.5 Å². The van der Waals surface area contributed by atoms with Crippen LogP contribution in [0.15, 0.2) is 21.9 Å². The number of H-pyrrole nitrogens is 1. The van der Waals surface area contributed by atoms with Crippen LogP contribution in [0.2, 0.25) is 0 Å². The third-order valence-corrected chi connectivity index (χ3v) is 10.5. The van der Waals surface area contributed by atoms with E-state index < -0.39 is 139 Å². The van der Waals surface area contributed by atoms with Crippen LogP contribution in [0.1, 0.15) is 13.2 Å². The minimum atomic E-state index is -5.81. The monoisotopic (exact) mass is 783 g/mol. The van der Waals surface area contributed by atoms with E-state index in [1.165, 1.54) is 7.11 Å². The van der Waals surface area contributed by atoms with Crippen molar-refractivity contribution in [2.75, 3.05) is 26.9 Å². The molecule has 11 N–H and O–H groups in total. The number of methoxy groups -OCH3 is 1. The van der Waals surface area contributed by atoms with Crippen molar-refractivity contribution in [2.24, 2.45) is 0 Å². The Morgan fingerprint density at radius 3 is 2.10 bits per heavy atom. The molecule has 12 unspecified atom stereocenters. The second kappa shape index (κ2) is 16.9. The Labute approximate surface area is 286 Å². The van der Waals surface area contributed by atoms with Crippen LogP contribution in [-0.4, -0.2) is 168 Å². The van der Waals surface area contributed by atoms with Gasteiger partial charge in [0.25, 0.3) is 5.56 Å². The molecule has 1 aromatic rings. The van der Waals surface area contributed by atoms with Gasteiger partial charge in [0, 0.05) is 26.3 Å². The zero-order valence-electron chi connectivity index (χ0n) is 26.5.